The van der Waals surface area contributed by atoms with Gasteiger partial charge in [-0.2, -0.15) is 0 Å². The molecule has 10 heteroatoms. The van der Waals surface area contributed by atoms with Crippen molar-refractivity contribution in [2.75, 3.05) is 38.5 Å². The molecule has 154 valence electrons. The number of carbonyl (C=O) groups is 1. The number of aryl methyl sites for hydroxylation is 1. The van der Waals surface area contributed by atoms with E-state index in [1.807, 2.05) is 0 Å². The number of ketones is 1. The molecule has 1 aromatic heterocycles. The summed E-state index contributed by atoms with van der Waals surface area (Å²) in [5.41, 5.74) is -0.200. The van der Waals surface area contributed by atoms with E-state index in [1.54, 1.807) is 26.0 Å². The molecule has 0 aliphatic rings. The lowest BCUT2D eigenvalue weighted by Gasteiger charge is -2.24. The highest BCUT2D eigenvalue weighted by molar-refractivity contribution is 7.90. The topological polar surface area (TPSA) is 101 Å². The highest BCUT2D eigenvalue weighted by atomic mass is 35.5. The van der Waals surface area contributed by atoms with Gasteiger partial charge in [0, 0.05) is 51.9 Å². The molecule has 1 N–H and O–H groups in total. The first-order valence-electron chi connectivity index (χ1n) is 8.69. The van der Waals surface area contributed by atoms with Gasteiger partial charge in [-0.15, -0.1) is 0 Å². The molecule has 0 bridgehead atoms. The number of halogens is 1. The summed E-state index contributed by atoms with van der Waals surface area (Å²) in [5.74, 6) is -0.565. The molecule has 0 atom stereocenters. The van der Waals surface area contributed by atoms with E-state index in [0.717, 1.165) is 6.26 Å². The fraction of sp³-hybridized carbons (Fsp3) is 0.444. The maximum absolute atomic E-state index is 12.9. The molecule has 8 nitrogen and oxygen atoms in total. The number of methoxy groups -OCH3 is 1. The van der Waals surface area contributed by atoms with E-state index >= 15 is 0 Å². The summed E-state index contributed by atoms with van der Waals surface area (Å²) in [5, 5.41) is 2.72. The lowest BCUT2D eigenvalue weighted by molar-refractivity contribution is 0.103. The van der Waals surface area contributed by atoms with Crippen molar-refractivity contribution in [3.05, 3.63) is 44.8 Å². The highest BCUT2D eigenvalue weighted by Crippen LogP contribution is 2.36. The molecule has 0 radical (unpaired) electrons. The van der Waals surface area contributed by atoms with Crippen molar-refractivity contribution in [3.63, 3.8) is 0 Å². The summed E-state index contributed by atoms with van der Waals surface area (Å²) >= 11 is 6.49. The van der Waals surface area contributed by atoms with Crippen molar-refractivity contribution in [1.82, 2.24) is 9.78 Å². The lowest BCUT2D eigenvalue weighted by Crippen LogP contribution is -2.24. The van der Waals surface area contributed by atoms with Crippen LogP contribution in [0.4, 0.5) is 5.69 Å². The van der Waals surface area contributed by atoms with Crippen LogP contribution >= 0.6 is 11.6 Å². The zero-order valence-electron chi connectivity index (χ0n) is 16.3. The van der Waals surface area contributed by atoms with E-state index < -0.39 is 21.2 Å². The third-order valence-electron chi connectivity index (χ3n) is 4.35. The Labute approximate surface area is 169 Å². The number of ether oxygens (including phenoxy) is 1. The lowest BCUT2D eigenvalue weighted by atomic mass is 10.0. The maximum atomic E-state index is 12.9. The number of rotatable bonds is 9. The van der Waals surface area contributed by atoms with Crippen molar-refractivity contribution < 1.29 is 17.9 Å². The molecule has 0 saturated heterocycles. The predicted octanol–water partition coefficient (Wildman–Crippen LogP) is 1.96. The molecule has 0 aliphatic heterocycles. The average molecular weight is 430 g/mol. The fourth-order valence-corrected chi connectivity index (χ4v) is 4.26. The van der Waals surface area contributed by atoms with Crippen LogP contribution in [0.15, 0.2) is 28.0 Å². The van der Waals surface area contributed by atoms with Gasteiger partial charge < -0.3 is 14.7 Å². The second-order valence-corrected chi connectivity index (χ2v) is 8.74. The highest BCUT2D eigenvalue weighted by Gasteiger charge is 2.26. The molecule has 0 unspecified atom stereocenters. The Morgan fingerprint density at radius 2 is 2.00 bits per heavy atom. The van der Waals surface area contributed by atoms with Crippen LogP contribution in [-0.2, 0) is 21.1 Å². The molecule has 0 fully saturated rings. The van der Waals surface area contributed by atoms with Crippen molar-refractivity contribution in [1.29, 1.82) is 0 Å². The first-order chi connectivity index (χ1) is 13.1. The quantitative estimate of drug-likeness (QED) is 0.483. The molecule has 1 heterocycles. The second kappa shape index (κ2) is 8.93. The van der Waals surface area contributed by atoms with Gasteiger partial charge in [-0.1, -0.05) is 11.6 Å². The summed E-state index contributed by atoms with van der Waals surface area (Å²) in [7, 11) is -0.315. The van der Waals surface area contributed by atoms with E-state index in [1.165, 1.54) is 23.0 Å². The van der Waals surface area contributed by atoms with E-state index in [0.29, 0.717) is 26.1 Å². The number of H-pyrrole nitrogens is 1. The van der Waals surface area contributed by atoms with Crippen molar-refractivity contribution >= 4 is 32.9 Å². The van der Waals surface area contributed by atoms with Crippen LogP contribution in [0.5, 0.6) is 0 Å². The fourth-order valence-electron chi connectivity index (χ4n) is 2.89. The number of hydrogen-bond acceptors (Lipinski definition) is 6. The SMILES string of the molecule is CCn1[nH]cc(C(=O)c2ccc(S(C)(=O)=O)c(N(C)CCCOC)c2Cl)c1=O. The molecular weight excluding hydrogens is 406 g/mol. The number of aromatic amines is 1. The van der Waals surface area contributed by atoms with Gasteiger partial charge in [0.05, 0.1) is 15.6 Å². The summed E-state index contributed by atoms with van der Waals surface area (Å²) in [6.07, 6.45) is 3.05. The van der Waals surface area contributed by atoms with E-state index in [4.69, 9.17) is 16.3 Å². The van der Waals surface area contributed by atoms with E-state index in [-0.39, 0.29) is 26.7 Å². The van der Waals surface area contributed by atoms with Gasteiger partial charge >= 0.3 is 0 Å². The normalized spacial score (nSPS) is 11.6. The molecule has 2 aromatic rings. The molecule has 0 amide bonds. The molecule has 0 saturated carbocycles. The zero-order valence-corrected chi connectivity index (χ0v) is 17.9. The molecule has 0 aliphatic carbocycles. The number of nitrogens with zero attached hydrogens (tertiary/aromatic N) is 2. The Bertz CT molecular complexity index is 1030. The van der Waals surface area contributed by atoms with Crippen LogP contribution in [0.3, 0.4) is 0 Å². The smallest absolute Gasteiger partial charge is 0.277 e. The maximum Gasteiger partial charge on any atom is 0.277 e. The largest absolute Gasteiger partial charge is 0.385 e. The number of hydrogen-bond donors (Lipinski definition) is 1. The Morgan fingerprint density at radius 3 is 2.54 bits per heavy atom. The average Bonchev–Trinajstić information content (AvgIpc) is 3.00. The molecule has 2 rings (SSSR count). The molecule has 0 spiro atoms. The number of carbonyl (C=O) groups excluding carboxylic acids is 1. The molecular formula is C18H24ClN3O5S. The minimum Gasteiger partial charge on any atom is -0.385 e. The number of nitrogens with one attached hydrogen (secondary N) is 1. The van der Waals surface area contributed by atoms with Gasteiger partial charge in [0.2, 0.25) is 5.78 Å². The summed E-state index contributed by atoms with van der Waals surface area (Å²) in [4.78, 5) is 26.9. The zero-order chi connectivity index (χ0) is 21.1. The standard InChI is InChI=1S/C18H24ClN3O5S/c1-5-22-18(24)13(11-20-22)17(23)12-7-8-14(28(4,25)26)16(15(12)19)21(2)9-6-10-27-3/h7-8,11,20H,5-6,9-10H2,1-4H3. The van der Waals surface area contributed by atoms with Crippen LogP contribution < -0.4 is 10.5 Å². The Hall–Kier alpha value is -2.10. The first-order valence-corrected chi connectivity index (χ1v) is 11.0. The first kappa shape index (κ1) is 22.2. The van der Waals surface area contributed by atoms with Crippen molar-refractivity contribution in [2.24, 2.45) is 0 Å². The molecule has 28 heavy (non-hydrogen) atoms. The van der Waals surface area contributed by atoms with Gasteiger partial charge in [0.1, 0.15) is 5.56 Å². The van der Waals surface area contributed by atoms with Crippen LogP contribution in [0.25, 0.3) is 0 Å². The Kier molecular flexibility index (Phi) is 7.08. The Morgan fingerprint density at radius 1 is 1.32 bits per heavy atom. The van der Waals surface area contributed by atoms with Crippen molar-refractivity contribution in [2.45, 2.75) is 24.8 Å². The molecule has 1 aromatic carbocycles. The van der Waals surface area contributed by atoms with Gasteiger partial charge in [0.25, 0.3) is 5.56 Å². The van der Waals surface area contributed by atoms with Crippen LogP contribution in [0.1, 0.15) is 29.3 Å². The van der Waals surface area contributed by atoms with E-state index in [9.17, 15) is 18.0 Å². The summed E-state index contributed by atoms with van der Waals surface area (Å²) in [6.45, 7) is 3.13. The second-order valence-electron chi connectivity index (χ2n) is 6.38. The Balaban J connectivity index is 2.58. The van der Waals surface area contributed by atoms with Gasteiger partial charge in [-0.05, 0) is 25.5 Å². The number of aromatic nitrogens is 2. The van der Waals surface area contributed by atoms with Crippen LogP contribution in [-0.4, -0.2) is 57.5 Å². The summed E-state index contributed by atoms with van der Waals surface area (Å²) < 4.78 is 30.8. The number of benzene rings is 1. The monoisotopic (exact) mass is 429 g/mol. The van der Waals surface area contributed by atoms with E-state index in [2.05, 4.69) is 5.10 Å². The van der Waals surface area contributed by atoms with Crippen LogP contribution in [0, 0.1) is 0 Å². The number of anilines is 1. The summed E-state index contributed by atoms with van der Waals surface area (Å²) in [6, 6.07) is 2.69. The minimum absolute atomic E-state index is 0.00325. The minimum atomic E-state index is -3.59. The van der Waals surface area contributed by atoms with Gasteiger partial charge in [-0.25, -0.2) is 8.42 Å². The van der Waals surface area contributed by atoms with Gasteiger partial charge in [-0.3, -0.25) is 14.3 Å². The third-order valence-corrected chi connectivity index (χ3v) is 5.86. The third kappa shape index (κ3) is 4.48. The van der Waals surface area contributed by atoms with Gasteiger partial charge in [0.15, 0.2) is 9.84 Å². The van der Waals surface area contributed by atoms with Crippen molar-refractivity contribution in [3.8, 4) is 0 Å². The predicted molar refractivity (Wildman–Crippen MR) is 108 cm³/mol. The van der Waals surface area contributed by atoms with Crippen LogP contribution in [0.2, 0.25) is 5.02 Å². The number of sulfone groups is 1.